The third-order valence-electron chi connectivity index (χ3n) is 7.82. The largest absolute Gasteiger partial charge is 0.496 e. The first-order valence-electron chi connectivity index (χ1n) is 14.8. The Hall–Kier alpha value is -4.54. The first kappa shape index (κ1) is 33.4. The minimum atomic E-state index is -4.64. The topological polar surface area (TPSA) is 96.4 Å². The molecule has 45 heavy (non-hydrogen) atoms. The number of alkyl halides is 3. The lowest BCUT2D eigenvalue weighted by atomic mass is 9.91. The smallest absolute Gasteiger partial charge is 0.417 e. The van der Waals surface area contributed by atoms with Gasteiger partial charge in [-0.05, 0) is 67.3 Å². The van der Waals surface area contributed by atoms with E-state index in [4.69, 9.17) is 9.47 Å². The standard InChI is InChI=1S/C31H31F3N2O6.C3H6/c1-5-35(29(38)39)17-22-15-23(31(32,33)34)12-13-24(22)25-16-21(11-14-26(25)41-4)18(2)28(37)36-19(3)27(42-30(36)40)20-9-7-6-8-10-20;1-2-3-1/h6-16,18-19,27H,5,17H2,1-4H3,(H,38,39);1-3H2/t18-,19+,27+;/m0./s1. The summed E-state index contributed by atoms with van der Waals surface area (Å²) in [6.45, 7) is 4.69. The van der Waals surface area contributed by atoms with Crippen LogP contribution in [0.4, 0.5) is 22.8 Å². The molecule has 240 valence electrons. The Morgan fingerprint density at radius 2 is 1.71 bits per heavy atom. The van der Waals surface area contributed by atoms with Gasteiger partial charge in [0, 0.05) is 18.7 Å². The molecule has 3 aromatic carbocycles. The molecule has 0 aromatic heterocycles. The van der Waals surface area contributed by atoms with Crippen LogP contribution in [-0.4, -0.2) is 52.7 Å². The summed E-state index contributed by atoms with van der Waals surface area (Å²) in [7, 11) is 1.40. The van der Waals surface area contributed by atoms with Crippen LogP contribution in [0.5, 0.6) is 5.75 Å². The molecule has 3 amide bonds. The van der Waals surface area contributed by atoms with Gasteiger partial charge in [0.1, 0.15) is 11.9 Å². The number of benzene rings is 3. The Labute approximate surface area is 260 Å². The van der Waals surface area contributed by atoms with E-state index in [0.717, 1.165) is 27.5 Å². The van der Waals surface area contributed by atoms with E-state index in [-0.39, 0.29) is 18.7 Å². The molecule has 1 N–H and O–H groups in total. The molecule has 1 aliphatic heterocycles. The van der Waals surface area contributed by atoms with Crippen molar-refractivity contribution in [2.75, 3.05) is 13.7 Å². The maximum Gasteiger partial charge on any atom is 0.417 e. The summed E-state index contributed by atoms with van der Waals surface area (Å²) in [5.41, 5.74) is 1.13. The lowest BCUT2D eigenvalue weighted by Crippen LogP contribution is -2.40. The number of ether oxygens (including phenoxy) is 2. The molecule has 11 heteroatoms. The van der Waals surface area contributed by atoms with Crippen LogP contribution in [0.1, 0.15) is 74.3 Å². The van der Waals surface area contributed by atoms with E-state index >= 15 is 0 Å². The highest BCUT2D eigenvalue weighted by Crippen LogP contribution is 2.40. The fourth-order valence-corrected chi connectivity index (χ4v) is 5.09. The normalized spacial score (nSPS) is 17.9. The number of hydrogen-bond donors (Lipinski definition) is 1. The van der Waals surface area contributed by atoms with E-state index < -0.39 is 47.9 Å². The SMILES string of the molecule is C1CC1.CCN(Cc1cc(C(F)(F)F)ccc1-c1cc([C@H](C)C(=O)N2C(=O)O[C@@H](c3ccccc3)[C@H]2C)ccc1OC)C(=O)O. The fraction of sp³-hybridized carbons (Fsp3) is 0.382. The number of hydrogen-bond acceptors (Lipinski definition) is 5. The molecular formula is C34H37F3N2O6. The summed E-state index contributed by atoms with van der Waals surface area (Å²) in [6.07, 6.45) is -2.81. The molecule has 2 fully saturated rings. The second-order valence-corrected chi connectivity index (χ2v) is 11.1. The van der Waals surface area contributed by atoms with Gasteiger partial charge in [-0.3, -0.25) is 4.79 Å². The van der Waals surface area contributed by atoms with E-state index in [0.29, 0.717) is 22.4 Å². The van der Waals surface area contributed by atoms with Crippen LogP contribution in [0, 0.1) is 0 Å². The van der Waals surface area contributed by atoms with Gasteiger partial charge in [-0.25, -0.2) is 14.5 Å². The zero-order valence-corrected chi connectivity index (χ0v) is 25.6. The van der Waals surface area contributed by atoms with Crippen LogP contribution in [0.3, 0.4) is 0 Å². The van der Waals surface area contributed by atoms with Crippen LogP contribution in [-0.2, 0) is 22.3 Å². The Balaban J connectivity index is 0.00000145. The molecule has 3 atom stereocenters. The number of carbonyl (C=O) groups is 3. The highest BCUT2D eigenvalue weighted by Gasteiger charge is 2.44. The average Bonchev–Trinajstić information content (AvgIpc) is 3.88. The van der Waals surface area contributed by atoms with E-state index in [1.165, 1.54) is 32.4 Å². The highest BCUT2D eigenvalue weighted by molar-refractivity contribution is 5.97. The molecule has 1 heterocycles. The van der Waals surface area contributed by atoms with E-state index in [9.17, 15) is 32.7 Å². The van der Waals surface area contributed by atoms with Crippen molar-refractivity contribution in [3.63, 3.8) is 0 Å². The Kier molecular flexibility index (Phi) is 10.4. The van der Waals surface area contributed by atoms with Gasteiger partial charge in [-0.1, -0.05) is 61.7 Å². The summed E-state index contributed by atoms with van der Waals surface area (Å²) in [4.78, 5) is 40.2. The van der Waals surface area contributed by atoms with E-state index in [1.807, 2.05) is 30.3 Å². The molecule has 3 aromatic rings. The van der Waals surface area contributed by atoms with Crippen LogP contribution < -0.4 is 4.74 Å². The number of carbonyl (C=O) groups excluding carboxylic acids is 2. The summed E-state index contributed by atoms with van der Waals surface area (Å²) >= 11 is 0. The number of cyclic esters (lactones) is 1. The van der Waals surface area contributed by atoms with Gasteiger partial charge in [0.2, 0.25) is 5.91 Å². The van der Waals surface area contributed by atoms with Gasteiger partial charge in [0.15, 0.2) is 0 Å². The third-order valence-corrected chi connectivity index (χ3v) is 7.82. The maximum atomic E-state index is 13.6. The molecular weight excluding hydrogens is 589 g/mol. The van der Waals surface area contributed by atoms with Crippen molar-refractivity contribution in [3.05, 3.63) is 89.0 Å². The van der Waals surface area contributed by atoms with Crippen molar-refractivity contribution in [2.24, 2.45) is 0 Å². The Bertz CT molecular complexity index is 1520. The van der Waals surface area contributed by atoms with Crippen LogP contribution >= 0.6 is 0 Å². The summed E-state index contributed by atoms with van der Waals surface area (Å²) < 4.78 is 51.8. The summed E-state index contributed by atoms with van der Waals surface area (Å²) in [6, 6.07) is 16.5. The van der Waals surface area contributed by atoms with E-state index in [2.05, 4.69) is 0 Å². The van der Waals surface area contributed by atoms with Crippen molar-refractivity contribution in [3.8, 4) is 16.9 Å². The molecule has 1 aliphatic carbocycles. The number of halogens is 3. The zero-order valence-electron chi connectivity index (χ0n) is 25.6. The molecule has 5 rings (SSSR count). The number of imide groups is 1. The Morgan fingerprint density at radius 1 is 1.04 bits per heavy atom. The average molecular weight is 627 g/mol. The minimum absolute atomic E-state index is 0.0574. The number of carboxylic acid groups (broad SMARTS) is 1. The molecule has 2 aliphatic rings. The van der Waals surface area contributed by atoms with Gasteiger partial charge in [-0.2, -0.15) is 13.2 Å². The van der Waals surface area contributed by atoms with Gasteiger partial charge in [0.25, 0.3) is 0 Å². The number of amides is 3. The van der Waals surface area contributed by atoms with Crippen molar-refractivity contribution < 1.29 is 42.1 Å². The molecule has 0 unspecified atom stereocenters. The van der Waals surface area contributed by atoms with Crippen molar-refractivity contribution in [1.29, 1.82) is 0 Å². The number of rotatable bonds is 8. The van der Waals surface area contributed by atoms with Crippen molar-refractivity contribution in [1.82, 2.24) is 9.80 Å². The predicted octanol–water partition coefficient (Wildman–Crippen LogP) is 8.26. The number of methoxy groups -OCH3 is 1. The van der Waals surface area contributed by atoms with Gasteiger partial charge in [0.05, 0.1) is 24.6 Å². The summed E-state index contributed by atoms with van der Waals surface area (Å²) in [5, 5.41) is 9.54. The Morgan fingerprint density at radius 3 is 2.27 bits per heavy atom. The molecule has 0 spiro atoms. The lowest BCUT2D eigenvalue weighted by Gasteiger charge is -2.24. The first-order valence-corrected chi connectivity index (χ1v) is 14.8. The van der Waals surface area contributed by atoms with Gasteiger partial charge in [-0.15, -0.1) is 0 Å². The second-order valence-electron chi connectivity index (χ2n) is 11.1. The van der Waals surface area contributed by atoms with Gasteiger partial charge < -0.3 is 19.5 Å². The fourth-order valence-electron chi connectivity index (χ4n) is 5.09. The lowest BCUT2D eigenvalue weighted by molar-refractivity contribution is -0.137. The molecule has 8 nitrogen and oxygen atoms in total. The first-order chi connectivity index (χ1) is 21.4. The van der Waals surface area contributed by atoms with Gasteiger partial charge >= 0.3 is 18.4 Å². The maximum absolute atomic E-state index is 13.6. The minimum Gasteiger partial charge on any atom is -0.496 e. The highest BCUT2D eigenvalue weighted by atomic mass is 19.4. The second kappa shape index (κ2) is 14.0. The zero-order chi connectivity index (χ0) is 32.9. The monoisotopic (exact) mass is 626 g/mol. The van der Waals surface area contributed by atoms with Crippen molar-refractivity contribution >= 4 is 18.1 Å². The molecule has 0 radical (unpaired) electrons. The molecule has 1 saturated heterocycles. The number of nitrogens with zero attached hydrogens (tertiary/aromatic N) is 2. The van der Waals surface area contributed by atoms with Crippen LogP contribution in [0.2, 0.25) is 0 Å². The van der Waals surface area contributed by atoms with Crippen LogP contribution in [0.15, 0.2) is 66.7 Å². The van der Waals surface area contributed by atoms with Crippen LogP contribution in [0.25, 0.3) is 11.1 Å². The van der Waals surface area contributed by atoms with Crippen molar-refractivity contribution in [2.45, 2.75) is 70.8 Å². The third kappa shape index (κ3) is 7.76. The summed E-state index contributed by atoms with van der Waals surface area (Å²) in [5.74, 6) is -1.02. The quantitative estimate of drug-likeness (QED) is 0.270. The van der Waals surface area contributed by atoms with E-state index in [1.54, 1.807) is 39.0 Å². The molecule has 1 saturated carbocycles. The molecule has 0 bridgehead atoms. The predicted molar refractivity (Wildman–Crippen MR) is 162 cm³/mol.